The maximum absolute atomic E-state index is 8.45. The number of aromatic nitrogens is 2. The third-order valence-corrected chi connectivity index (χ3v) is 1.61. The van der Waals surface area contributed by atoms with Gasteiger partial charge in [-0.2, -0.15) is 5.26 Å². The van der Waals surface area contributed by atoms with Crippen LogP contribution in [0.3, 0.4) is 0 Å². The fourth-order valence-corrected chi connectivity index (χ4v) is 0.887. The number of anilines is 1. The highest BCUT2D eigenvalue weighted by Crippen LogP contribution is 2.02. The minimum atomic E-state index is 0.209. The summed E-state index contributed by atoms with van der Waals surface area (Å²) in [6, 6.07) is 1.87. The van der Waals surface area contributed by atoms with Gasteiger partial charge < -0.3 is 5.32 Å². The Balaban J connectivity index is 2.46. The molecule has 0 unspecified atom stereocenters. The Hall–Kier alpha value is -1.63. The summed E-state index contributed by atoms with van der Waals surface area (Å²) in [5.41, 5.74) is 0.868. The Morgan fingerprint density at radius 2 is 2.15 bits per heavy atom. The number of rotatable bonds is 4. The van der Waals surface area contributed by atoms with Crippen LogP contribution >= 0.6 is 0 Å². The van der Waals surface area contributed by atoms with Crippen LogP contribution in [-0.2, 0) is 0 Å². The predicted octanol–water partition coefficient (Wildman–Crippen LogP) is 1.56. The van der Waals surface area contributed by atoms with Crippen LogP contribution in [0.1, 0.15) is 25.6 Å². The second-order valence-electron chi connectivity index (χ2n) is 2.69. The van der Waals surface area contributed by atoms with Crippen LogP contribution in [-0.4, -0.2) is 16.5 Å². The molecule has 0 fully saturated rings. The van der Waals surface area contributed by atoms with E-state index in [1.54, 1.807) is 12.4 Å². The topological polar surface area (TPSA) is 61.6 Å². The first-order valence-electron chi connectivity index (χ1n) is 4.33. The van der Waals surface area contributed by atoms with E-state index >= 15 is 0 Å². The molecule has 68 valence electrons. The van der Waals surface area contributed by atoms with Gasteiger partial charge in [-0.3, -0.25) is 0 Å². The molecule has 0 aromatic carbocycles. The second kappa shape index (κ2) is 5.09. The van der Waals surface area contributed by atoms with Crippen molar-refractivity contribution in [2.45, 2.75) is 19.8 Å². The molecule has 0 aliphatic rings. The van der Waals surface area contributed by atoms with Gasteiger partial charge in [0.2, 0.25) is 5.82 Å². The van der Waals surface area contributed by atoms with E-state index < -0.39 is 0 Å². The molecule has 0 atom stereocenters. The molecule has 0 aliphatic carbocycles. The van der Waals surface area contributed by atoms with Crippen LogP contribution in [0.4, 0.5) is 5.69 Å². The molecule has 1 heterocycles. The van der Waals surface area contributed by atoms with E-state index in [1.165, 1.54) is 0 Å². The van der Waals surface area contributed by atoms with Gasteiger partial charge in [0.1, 0.15) is 6.07 Å². The SMILES string of the molecule is CCCCNc1cnc(C#N)nc1. The Labute approximate surface area is 77.6 Å². The normalized spacial score (nSPS) is 9.23. The lowest BCUT2D eigenvalue weighted by molar-refractivity contribution is 0.832. The van der Waals surface area contributed by atoms with E-state index in [4.69, 9.17) is 5.26 Å². The van der Waals surface area contributed by atoms with Crippen molar-refractivity contribution >= 4 is 5.69 Å². The van der Waals surface area contributed by atoms with E-state index in [9.17, 15) is 0 Å². The lowest BCUT2D eigenvalue weighted by atomic mass is 10.3. The summed E-state index contributed by atoms with van der Waals surface area (Å²) < 4.78 is 0. The quantitative estimate of drug-likeness (QED) is 0.707. The van der Waals surface area contributed by atoms with Crippen molar-refractivity contribution in [3.8, 4) is 6.07 Å². The lowest BCUT2D eigenvalue weighted by Gasteiger charge is -2.02. The van der Waals surface area contributed by atoms with Crippen LogP contribution in [0.25, 0.3) is 0 Å². The molecule has 0 radical (unpaired) electrons. The fraction of sp³-hybridized carbons (Fsp3) is 0.444. The highest BCUT2D eigenvalue weighted by atomic mass is 14.9. The van der Waals surface area contributed by atoms with Gasteiger partial charge in [-0.25, -0.2) is 9.97 Å². The number of nitriles is 1. The molecule has 0 amide bonds. The molecule has 0 aliphatic heterocycles. The van der Waals surface area contributed by atoms with Gasteiger partial charge in [0, 0.05) is 6.54 Å². The third kappa shape index (κ3) is 3.08. The Morgan fingerprint density at radius 3 is 2.69 bits per heavy atom. The summed E-state index contributed by atoms with van der Waals surface area (Å²) in [5, 5.41) is 11.6. The van der Waals surface area contributed by atoms with Gasteiger partial charge in [-0.15, -0.1) is 0 Å². The average Bonchev–Trinajstić information content (AvgIpc) is 2.19. The van der Waals surface area contributed by atoms with E-state index in [-0.39, 0.29) is 5.82 Å². The van der Waals surface area contributed by atoms with Gasteiger partial charge >= 0.3 is 0 Å². The van der Waals surface area contributed by atoms with Crippen molar-refractivity contribution in [2.24, 2.45) is 0 Å². The Kier molecular flexibility index (Phi) is 3.71. The first-order chi connectivity index (χ1) is 6.36. The van der Waals surface area contributed by atoms with Crippen LogP contribution in [0.2, 0.25) is 0 Å². The number of nitrogens with one attached hydrogen (secondary N) is 1. The molecule has 0 saturated heterocycles. The van der Waals surface area contributed by atoms with Crippen molar-refractivity contribution in [1.82, 2.24) is 9.97 Å². The van der Waals surface area contributed by atoms with E-state index in [0.717, 1.165) is 25.1 Å². The zero-order valence-corrected chi connectivity index (χ0v) is 7.62. The number of hydrogen-bond acceptors (Lipinski definition) is 4. The molecule has 4 nitrogen and oxygen atoms in total. The van der Waals surface area contributed by atoms with Crippen molar-refractivity contribution in [3.63, 3.8) is 0 Å². The zero-order chi connectivity index (χ0) is 9.52. The summed E-state index contributed by atoms with van der Waals surface area (Å²) in [7, 11) is 0. The molecular formula is C9H12N4. The molecule has 1 N–H and O–H groups in total. The summed E-state index contributed by atoms with van der Waals surface area (Å²) >= 11 is 0. The van der Waals surface area contributed by atoms with Gasteiger partial charge in [-0.1, -0.05) is 13.3 Å². The van der Waals surface area contributed by atoms with E-state index in [1.807, 2.05) is 6.07 Å². The Bertz CT molecular complexity index is 285. The van der Waals surface area contributed by atoms with Gasteiger partial charge in [0.25, 0.3) is 0 Å². The lowest BCUT2D eigenvalue weighted by Crippen LogP contribution is -2.02. The third-order valence-electron chi connectivity index (χ3n) is 1.61. The van der Waals surface area contributed by atoms with Crippen LogP contribution < -0.4 is 5.32 Å². The summed E-state index contributed by atoms with van der Waals surface area (Å²) in [5.74, 6) is 0.209. The van der Waals surface area contributed by atoms with Crippen molar-refractivity contribution < 1.29 is 0 Å². The highest BCUT2D eigenvalue weighted by Gasteiger charge is 1.94. The monoisotopic (exact) mass is 176 g/mol. The summed E-state index contributed by atoms with van der Waals surface area (Å²) in [4.78, 5) is 7.68. The zero-order valence-electron chi connectivity index (χ0n) is 7.62. The van der Waals surface area contributed by atoms with Crippen LogP contribution in [0, 0.1) is 11.3 Å². The molecule has 13 heavy (non-hydrogen) atoms. The minimum absolute atomic E-state index is 0.209. The summed E-state index contributed by atoms with van der Waals surface area (Å²) in [6.07, 6.45) is 5.53. The molecule has 4 heteroatoms. The van der Waals surface area contributed by atoms with Gasteiger partial charge in [0.05, 0.1) is 18.1 Å². The van der Waals surface area contributed by atoms with E-state index in [2.05, 4.69) is 22.2 Å². The second-order valence-corrected chi connectivity index (χ2v) is 2.69. The standard InChI is InChI=1S/C9H12N4/c1-2-3-4-11-8-6-12-9(5-10)13-7-8/h6-7,11H,2-4H2,1H3. The Morgan fingerprint density at radius 1 is 1.46 bits per heavy atom. The summed E-state index contributed by atoms with van der Waals surface area (Å²) in [6.45, 7) is 3.06. The molecule has 1 aromatic rings. The molecular weight excluding hydrogens is 164 g/mol. The van der Waals surface area contributed by atoms with Crippen LogP contribution in [0.5, 0.6) is 0 Å². The van der Waals surface area contributed by atoms with Gasteiger partial charge in [-0.05, 0) is 6.42 Å². The highest BCUT2D eigenvalue weighted by molar-refractivity contribution is 5.38. The molecule has 0 spiro atoms. The molecule has 1 rings (SSSR count). The van der Waals surface area contributed by atoms with Gasteiger partial charge in [0.15, 0.2) is 0 Å². The van der Waals surface area contributed by atoms with E-state index in [0.29, 0.717) is 0 Å². The fourth-order valence-electron chi connectivity index (χ4n) is 0.887. The number of nitrogens with zero attached hydrogens (tertiary/aromatic N) is 3. The number of unbranched alkanes of at least 4 members (excludes halogenated alkanes) is 1. The smallest absolute Gasteiger partial charge is 0.232 e. The first kappa shape index (κ1) is 9.46. The molecule has 1 aromatic heterocycles. The van der Waals surface area contributed by atoms with Crippen LogP contribution in [0.15, 0.2) is 12.4 Å². The first-order valence-corrected chi connectivity index (χ1v) is 4.33. The average molecular weight is 176 g/mol. The number of hydrogen-bond donors (Lipinski definition) is 1. The predicted molar refractivity (Wildman–Crippen MR) is 50.1 cm³/mol. The van der Waals surface area contributed by atoms with Crippen molar-refractivity contribution in [2.75, 3.05) is 11.9 Å². The maximum Gasteiger partial charge on any atom is 0.232 e. The minimum Gasteiger partial charge on any atom is -0.383 e. The van der Waals surface area contributed by atoms with Crippen molar-refractivity contribution in [1.29, 1.82) is 5.26 Å². The maximum atomic E-state index is 8.45. The molecule has 0 saturated carbocycles. The largest absolute Gasteiger partial charge is 0.383 e. The van der Waals surface area contributed by atoms with Crippen molar-refractivity contribution in [3.05, 3.63) is 18.2 Å². The molecule has 0 bridgehead atoms.